The second-order valence-corrected chi connectivity index (χ2v) is 6.47. The van der Waals surface area contributed by atoms with E-state index in [1.54, 1.807) is 17.0 Å². The van der Waals surface area contributed by atoms with Crippen LogP contribution in [0.3, 0.4) is 0 Å². The molecule has 1 aromatic carbocycles. The normalized spacial score (nSPS) is 17.9. The van der Waals surface area contributed by atoms with Crippen LogP contribution in [0, 0.1) is 5.82 Å². The van der Waals surface area contributed by atoms with Crippen molar-refractivity contribution in [3.05, 3.63) is 47.8 Å². The fraction of sp³-hybridized carbons (Fsp3) is 0.474. The van der Waals surface area contributed by atoms with Crippen molar-refractivity contribution in [1.82, 2.24) is 15.1 Å². The fourth-order valence-electron chi connectivity index (χ4n) is 2.99. The van der Waals surface area contributed by atoms with Crippen LogP contribution in [0.4, 0.5) is 4.39 Å². The molecule has 0 saturated carbocycles. The predicted molar refractivity (Wildman–Crippen MR) is 95.3 cm³/mol. The van der Waals surface area contributed by atoms with E-state index in [-0.39, 0.29) is 24.1 Å². The minimum Gasteiger partial charge on any atom is -0.353 e. The van der Waals surface area contributed by atoms with Crippen LogP contribution in [0.1, 0.15) is 25.8 Å². The van der Waals surface area contributed by atoms with Gasteiger partial charge in [0.25, 0.3) is 0 Å². The van der Waals surface area contributed by atoms with E-state index in [9.17, 15) is 14.0 Å². The van der Waals surface area contributed by atoms with Crippen LogP contribution in [0.15, 0.2) is 36.4 Å². The zero-order valence-electron chi connectivity index (χ0n) is 14.9. The first-order chi connectivity index (χ1) is 11.9. The number of carbonyl (C=O) groups excluding carboxylic acids is 2. The molecule has 136 valence electrons. The maximum Gasteiger partial charge on any atom is 0.237 e. The van der Waals surface area contributed by atoms with Crippen LogP contribution in [0.2, 0.25) is 0 Å². The summed E-state index contributed by atoms with van der Waals surface area (Å²) in [6.07, 6.45) is 0.133. The molecule has 2 rings (SSSR count). The zero-order valence-corrected chi connectivity index (χ0v) is 14.9. The number of hydrogen-bond donors (Lipinski definition) is 1. The summed E-state index contributed by atoms with van der Waals surface area (Å²) in [5.41, 5.74) is 1.83. The highest BCUT2D eigenvalue weighted by molar-refractivity contribution is 5.89. The number of rotatable bonds is 7. The van der Waals surface area contributed by atoms with Crippen molar-refractivity contribution in [2.24, 2.45) is 0 Å². The Morgan fingerprint density at radius 1 is 1.40 bits per heavy atom. The lowest BCUT2D eigenvalue weighted by Gasteiger charge is -2.35. The standard InChI is InChI=1S/C19H26FN3O2/c1-4-22(12-14(2)3)18(24)11-17-19(25)21-9-10-23(17)13-15-5-7-16(20)8-6-15/h5-8,17H,2,4,9-13H2,1,3H3,(H,21,25)/t17-/m0/s1. The van der Waals surface area contributed by atoms with E-state index in [1.807, 2.05) is 18.7 Å². The third kappa shape index (κ3) is 5.39. The maximum atomic E-state index is 13.1. The van der Waals surface area contributed by atoms with Crippen molar-refractivity contribution in [1.29, 1.82) is 0 Å². The first-order valence-electron chi connectivity index (χ1n) is 8.59. The minimum atomic E-state index is -0.509. The summed E-state index contributed by atoms with van der Waals surface area (Å²) < 4.78 is 13.1. The van der Waals surface area contributed by atoms with E-state index in [2.05, 4.69) is 11.9 Å². The highest BCUT2D eigenvalue weighted by Gasteiger charge is 2.32. The second kappa shape index (κ2) is 8.76. The maximum absolute atomic E-state index is 13.1. The highest BCUT2D eigenvalue weighted by Crippen LogP contribution is 2.16. The van der Waals surface area contributed by atoms with Gasteiger partial charge in [-0.1, -0.05) is 24.3 Å². The van der Waals surface area contributed by atoms with Crippen molar-refractivity contribution in [3.8, 4) is 0 Å². The Balaban J connectivity index is 2.08. The number of hydrogen-bond acceptors (Lipinski definition) is 3. The quantitative estimate of drug-likeness (QED) is 0.767. The number of halogens is 1. The Bertz CT molecular complexity index is 630. The third-order valence-corrected chi connectivity index (χ3v) is 4.30. The summed E-state index contributed by atoms with van der Waals surface area (Å²) >= 11 is 0. The topological polar surface area (TPSA) is 52.7 Å². The number of likely N-dealkylation sites (N-methyl/N-ethyl adjacent to an activating group) is 1. The SMILES string of the molecule is C=C(C)CN(CC)C(=O)C[C@H]1C(=O)NCCN1Cc1ccc(F)cc1. The van der Waals surface area contributed by atoms with E-state index in [1.165, 1.54) is 12.1 Å². The summed E-state index contributed by atoms with van der Waals surface area (Å²) in [6, 6.07) is 5.72. The number of carbonyl (C=O) groups is 2. The Labute approximate surface area is 148 Å². The molecule has 1 saturated heterocycles. The average Bonchev–Trinajstić information content (AvgIpc) is 2.57. The predicted octanol–water partition coefficient (Wildman–Crippen LogP) is 1.94. The van der Waals surface area contributed by atoms with Gasteiger partial charge < -0.3 is 10.2 Å². The zero-order chi connectivity index (χ0) is 18.4. The molecule has 1 aromatic rings. The number of benzene rings is 1. The Morgan fingerprint density at radius 3 is 2.68 bits per heavy atom. The van der Waals surface area contributed by atoms with E-state index < -0.39 is 6.04 Å². The van der Waals surface area contributed by atoms with E-state index >= 15 is 0 Å². The van der Waals surface area contributed by atoms with E-state index in [0.29, 0.717) is 32.7 Å². The van der Waals surface area contributed by atoms with Gasteiger partial charge >= 0.3 is 0 Å². The van der Waals surface area contributed by atoms with Crippen molar-refractivity contribution in [2.45, 2.75) is 32.9 Å². The van der Waals surface area contributed by atoms with Gasteiger partial charge in [0.2, 0.25) is 11.8 Å². The number of nitrogens with one attached hydrogen (secondary N) is 1. The highest BCUT2D eigenvalue weighted by atomic mass is 19.1. The third-order valence-electron chi connectivity index (χ3n) is 4.30. The Hall–Kier alpha value is -2.21. The van der Waals surface area contributed by atoms with Gasteiger partial charge in [-0.15, -0.1) is 0 Å². The van der Waals surface area contributed by atoms with Crippen LogP contribution >= 0.6 is 0 Å². The molecule has 1 aliphatic heterocycles. The van der Waals surface area contributed by atoms with E-state index in [0.717, 1.165) is 11.1 Å². The largest absolute Gasteiger partial charge is 0.353 e. The molecule has 6 heteroatoms. The molecular weight excluding hydrogens is 321 g/mol. The number of piperazine rings is 1. The molecule has 2 amide bonds. The Kier molecular flexibility index (Phi) is 6.70. The molecule has 25 heavy (non-hydrogen) atoms. The number of amides is 2. The first-order valence-corrected chi connectivity index (χ1v) is 8.59. The molecule has 1 N–H and O–H groups in total. The lowest BCUT2D eigenvalue weighted by atomic mass is 10.1. The van der Waals surface area contributed by atoms with Gasteiger partial charge in [0, 0.05) is 32.7 Å². The van der Waals surface area contributed by atoms with E-state index in [4.69, 9.17) is 0 Å². The molecule has 1 aliphatic rings. The van der Waals surface area contributed by atoms with Gasteiger partial charge in [0.15, 0.2) is 0 Å². The van der Waals surface area contributed by atoms with Crippen LogP contribution in [-0.4, -0.2) is 53.8 Å². The van der Waals surface area contributed by atoms with Crippen molar-refractivity contribution < 1.29 is 14.0 Å². The van der Waals surface area contributed by atoms with Gasteiger partial charge in [-0.3, -0.25) is 14.5 Å². The summed E-state index contributed by atoms with van der Waals surface area (Å²) in [5, 5.41) is 2.83. The average molecular weight is 347 g/mol. The second-order valence-electron chi connectivity index (χ2n) is 6.47. The van der Waals surface area contributed by atoms with Gasteiger partial charge in [-0.2, -0.15) is 0 Å². The minimum absolute atomic E-state index is 0.0587. The lowest BCUT2D eigenvalue weighted by molar-refractivity contribution is -0.138. The van der Waals surface area contributed by atoms with Gasteiger partial charge in [-0.25, -0.2) is 4.39 Å². The summed E-state index contributed by atoms with van der Waals surface area (Å²) in [4.78, 5) is 28.6. The molecule has 1 heterocycles. The molecule has 0 aliphatic carbocycles. The molecule has 0 radical (unpaired) electrons. The summed E-state index contributed by atoms with van der Waals surface area (Å²) in [7, 11) is 0. The molecule has 0 bridgehead atoms. The van der Waals surface area contributed by atoms with Gasteiger partial charge in [0.05, 0.1) is 12.5 Å². The summed E-state index contributed by atoms with van der Waals surface area (Å²) in [6.45, 7) is 10.4. The molecular formula is C19H26FN3O2. The lowest BCUT2D eigenvalue weighted by Crippen LogP contribution is -2.56. The van der Waals surface area contributed by atoms with Crippen molar-refractivity contribution >= 4 is 11.8 Å². The Morgan fingerprint density at radius 2 is 2.08 bits per heavy atom. The smallest absolute Gasteiger partial charge is 0.237 e. The van der Waals surface area contributed by atoms with Crippen molar-refractivity contribution in [3.63, 3.8) is 0 Å². The van der Waals surface area contributed by atoms with Gasteiger partial charge in [-0.05, 0) is 31.5 Å². The molecule has 5 nitrogen and oxygen atoms in total. The summed E-state index contributed by atoms with van der Waals surface area (Å²) in [5.74, 6) is -0.477. The molecule has 0 unspecified atom stereocenters. The fourth-order valence-corrected chi connectivity index (χ4v) is 2.99. The molecule has 1 atom stereocenters. The first kappa shape index (κ1) is 19.1. The molecule has 1 fully saturated rings. The molecule has 0 aromatic heterocycles. The van der Waals surface area contributed by atoms with Crippen LogP contribution in [0.5, 0.6) is 0 Å². The van der Waals surface area contributed by atoms with Crippen LogP contribution in [0.25, 0.3) is 0 Å². The monoisotopic (exact) mass is 347 g/mol. The van der Waals surface area contributed by atoms with Gasteiger partial charge in [0.1, 0.15) is 5.82 Å². The van der Waals surface area contributed by atoms with Crippen molar-refractivity contribution in [2.75, 3.05) is 26.2 Å². The molecule has 0 spiro atoms. The van der Waals surface area contributed by atoms with Crippen LogP contribution in [-0.2, 0) is 16.1 Å². The van der Waals surface area contributed by atoms with Crippen LogP contribution < -0.4 is 5.32 Å². The number of nitrogens with zero attached hydrogens (tertiary/aromatic N) is 2.